The lowest BCUT2D eigenvalue weighted by Crippen LogP contribution is -2.22. The minimum atomic E-state index is -0.430. The highest BCUT2D eigenvalue weighted by Crippen LogP contribution is 2.24. The van der Waals surface area contributed by atoms with E-state index in [1.165, 1.54) is 0 Å². The Morgan fingerprint density at radius 1 is 0.677 bits per heavy atom. The van der Waals surface area contributed by atoms with Crippen LogP contribution in [0.2, 0.25) is 0 Å². The van der Waals surface area contributed by atoms with E-state index in [1.54, 1.807) is 55.6 Å². The van der Waals surface area contributed by atoms with Crippen LogP contribution in [0.5, 0.6) is 5.75 Å². The van der Waals surface area contributed by atoms with Gasteiger partial charge >= 0.3 is 6.03 Å². The Morgan fingerprint density at radius 3 is 2.13 bits per heavy atom. The number of ether oxygens (including phenoxy) is 1. The van der Waals surface area contributed by atoms with Crippen molar-refractivity contribution in [3.8, 4) is 5.75 Å². The van der Waals surface area contributed by atoms with E-state index in [0.29, 0.717) is 28.4 Å². The first-order valence-electron chi connectivity index (χ1n) is 9.74. The van der Waals surface area contributed by atoms with Gasteiger partial charge in [0, 0.05) is 11.1 Å². The van der Waals surface area contributed by atoms with Crippen LogP contribution in [0.4, 0.5) is 21.9 Å². The molecule has 0 atom stereocenters. The largest absolute Gasteiger partial charge is 0.497 e. The number of fused-ring (bicyclic) bond motifs is 1. The number of amides is 3. The summed E-state index contributed by atoms with van der Waals surface area (Å²) in [6.45, 7) is 0. The number of carbonyl (C=O) groups excluding carboxylic acids is 2. The second-order valence-corrected chi connectivity index (χ2v) is 6.83. The Kier molecular flexibility index (Phi) is 5.80. The number of rotatable bonds is 5. The monoisotopic (exact) mass is 411 g/mol. The molecule has 4 rings (SSSR count). The molecule has 0 aliphatic heterocycles. The first-order chi connectivity index (χ1) is 15.1. The Hall–Kier alpha value is -4.32. The summed E-state index contributed by atoms with van der Waals surface area (Å²) in [5.74, 6) is 0.372. The lowest BCUT2D eigenvalue weighted by Gasteiger charge is -2.13. The maximum Gasteiger partial charge on any atom is 0.323 e. The normalized spacial score (nSPS) is 10.4. The number of para-hydroxylation sites is 1. The molecule has 0 bridgehead atoms. The summed E-state index contributed by atoms with van der Waals surface area (Å²) in [5.41, 5.74) is 2.08. The Morgan fingerprint density at radius 2 is 1.32 bits per heavy atom. The first-order valence-corrected chi connectivity index (χ1v) is 9.74. The molecule has 4 aromatic carbocycles. The van der Waals surface area contributed by atoms with Crippen molar-refractivity contribution < 1.29 is 14.3 Å². The average Bonchev–Trinajstić information content (AvgIpc) is 2.80. The first kappa shape index (κ1) is 20.0. The molecule has 0 fully saturated rings. The van der Waals surface area contributed by atoms with Gasteiger partial charge in [-0.2, -0.15) is 0 Å². The van der Waals surface area contributed by atoms with E-state index < -0.39 is 6.03 Å². The second-order valence-electron chi connectivity index (χ2n) is 6.83. The van der Waals surface area contributed by atoms with Crippen molar-refractivity contribution in [3.05, 3.63) is 96.6 Å². The molecule has 6 nitrogen and oxygen atoms in total. The molecule has 0 aliphatic carbocycles. The van der Waals surface area contributed by atoms with Gasteiger partial charge in [0.05, 0.1) is 24.0 Å². The van der Waals surface area contributed by atoms with Gasteiger partial charge in [0.25, 0.3) is 5.91 Å². The van der Waals surface area contributed by atoms with E-state index in [4.69, 9.17) is 4.74 Å². The molecule has 3 N–H and O–H groups in total. The third kappa shape index (κ3) is 4.64. The molecule has 0 saturated heterocycles. The van der Waals surface area contributed by atoms with Crippen LogP contribution in [0, 0.1) is 0 Å². The van der Waals surface area contributed by atoms with Crippen LogP contribution in [0.3, 0.4) is 0 Å². The summed E-state index contributed by atoms with van der Waals surface area (Å²) in [4.78, 5) is 25.5. The SMILES string of the molecule is COc1ccc(NC(=O)c2ccccc2NC(=O)Nc2cccc3ccccc23)cc1. The van der Waals surface area contributed by atoms with Crippen LogP contribution < -0.4 is 20.7 Å². The molecular formula is C25H21N3O3. The van der Waals surface area contributed by atoms with Gasteiger partial charge in [-0.25, -0.2) is 4.79 Å². The van der Waals surface area contributed by atoms with Crippen LogP contribution >= 0.6 is 0 Å². The number of benzene rings is 4. The smallest absolute Gasteiger partial charge is 0.323 e. The van der Waals surface area contributed by atoms with Gasteiger partial charge in [0.1, 0.15) is 5.75 Å². The predicted octanol–water partition coefficient (Wildman–Crippen LogP) is 5.74. The zero-order valence-electron chi connectivity index (χ0n) is 16.9. The van der Waals surface area contributed by atoms with Gasteiger partial charge < -0.3 is 20.7 Å². The molecule has 0 unspecified atom stereocenters. The molecule has 154 valence electrons. The molecule has 4 aromatic rings. The number of nitrogens with one attached hydrogen (secondary N) is 3. The van der Waals surface area contributed by atoms with Crippen molar-refractivity contribution >= 4 is 39.8 Å². The molecule has 0 spiro atoms. The highest BCUT2D eigenvalue weighted by atomic mass is 16.5. The Balaban J connectivity index is 1.50. The van der Waals surface area contributed by atoms with Crippen molar-refractivity contribution in [1.82, 2.24) is 0 Å². The Labute approximate surface area is 179 Å². The number of carbonyl (C=O) groups is 2. The van der Waals surface area contributed by atoms with E-state index >= 15 is 0 Å². The van der Waals surface area contributed by atoms with Crippen LogP contribution in [0.1, 0.15) is 10.4 Å². The molecule has 0 aromatic heterocycles. The van der Waals surface area contributed by atoms with Gasteiger partial charge in [-0.15, -0.1) is 0 Å². The van der Waals surface area contributed by atoms with E-state index in [1.807, 2.05) is 42.5 Å². The van der Waals surface area contributed by atoms with Crippen molar-refractivity contribution in [2.75, 3.05) is 23.1 Å². The molecule has 31 heavy (non-hydrogen) atoms. The van der Waals surface area contributed by atoms with Crippen LogP contribution in [-0.4, -0.2) is 19.0 Å². The molecule has 0 heterocycles. The number of urea groups is 1. The molecule has 0 saturated carbocycles. The summed E-state index contributed by atoms with van der Waals surface area (Å²) in [6.07, 6.45) is 0. The van der Waals surface area contributed by atoms with Crippen molar-refractivity contribution in [2.45, 2.75) is 0 Å². The Bertz CT molecular complexity index is 1230. The van der Waals surface area contributed by atoms with Crippen LogP contribution in [0.15, 0.2) is 91.0 Å². The van der Waals surface area contributed by atoms with Crippen molar-refractivity contribution in [2.24, 2.45) is 0 Å². The molecule has 0 radical (unpaired) electrons. The zero-order chi connectivity index (χ0) is 21.6. The fraction of sp³-hybridized carbons (Fsp3) is 0.0400. The molecule has 6 heteroatoms. The van der Waals surface area contributed by atoms with Gasteiger partial charge in [0.2, 0.25) is 0 Å². The van der Waals surface area contributed by atoms with Crippen molar-refractivity contribution in [1.29, 1.82) is 0 Å². The lowest BCUT2D eigenvalue weighted by atomic mass is 10.1. The summed E-state index contributed by atoms with van der Waals surface area (Å²) in [7, 11) is 1.58. The topological polar surface area (TPSA) is 79.5 Å². The number of methoxy groups -OCH3 is 1. The van der Waals surface area contributed by atoms with E-state index in [2.05, 4.69) is 16.0 Å². The highest BCUT2D eigenvalue weighted by molar-refractivity contribution is 6.12. The van der Waals surface area contributed by atoms with E-state index in [9.17, 15) is 9.59 Å². The molecular weight excluding hydrogens is 390 g/mol. The van der Waals surface area contributed by atoms with Gasteiger partial charge in [-0.1, -0.05) is 48.5 Å². The molecule has 0 aliphatic rings. The number of hydrogen-bond acceptors (Lipinski definition) is 3. The third-order valence-electron chi connectivity index (χ3n) is 4.81. The van der Waals surface area contributed by atoms with Crippen molar-refractivity contribution in [3.63, 3.8) is 0 Å². The highest BCUT2D eigenvalue weighted by Gasteiger charge is 2.14. The summed E-state index contributed by atoms with van der Waals surface area (Å²) >= 11 is 0. The molecule has 3 amide bonds. The maximum atomic E-state index is 12.8. The second kappa shape index (κ2) is 9.00. The van der Waals surface area contributed by atoms with E-state index in [-0.39, 0.29) is 5.91 Å². The van der Waals surface area contributed by atoms with Gasteiger partial charge in [-0.05, 0) is 47.9 Å². The van der Waals surface area contributed by atoms with Crippen LogP contribution in [0.25, 0.3) is 10.8 Å². The standard InChI is InChI=1S/C25H21N3O3/c1-31-19-15-13-18(14-16-19)26-24(29)21-10-4-5-11-23(21)28-25(30)27-22-12-6-8-17-7-2-3-9-20(17)22/h2-16H,1H3,(H,26,29)(H2,27,28,30). The quantitative estimate of drug-likeness (QED) is 0.391. The van der Waals surface area contributed by atoms with Crippen LogP contribution in [-0.2, 0) is 0 Å². The fourth-order valence-corrected chi connectivity index (χ4v) is 3.27. The van der Waals surface area contributed by atoms with Gasteiger partial charge in [0.15, 0.2) is 0 Å². The summed E-state index contributed by atoms with van der Waals surface area (Å²) in [5, 5.41) is 10.4. The summed E-state index contributed by atoms with van der Waals surface area (Å²) < 4.78 is 5.13. The predicted molar refractivity (Wildman–Crippen MR) is 124 cm³/mol. The summed E-state index contributed by atoms with van der Waals surface area (Å²) in [6, 6.07) is 26.9. The number of hydrogen-bond donors (Lipinski definition) is 3. The average molecular weight is 411 g/mol. The van der Waals surface area contributed by atoms with E-state index in [0.717, 1.165) is 10.8 Å². The maximum absolute atomic E-state index is 12.8. The lowest BCUT2D eigenvalue weighted by molar-refractivity contribution is 0.102. The fourth-order valence-electron chi connectivity index (χ4n) is 3.27. The number of anilines is 3. The van der Waals surface area contributed by atoms with Gasteiger partial charge in [-0.3, -0.25) is 4.79 Å². The minimum Gasteiger partial charge on any atom is -0.497 e. The minimum absolute atomic E-state index is 0.328. The third-order valence-corrected chi connectivity index (χ3v) is 4.81. The zero-order valence-corrected chi connectivity index (χ0v) is 16.9.